The Kier molecular flexibility index (Phi) is 6.06. The van der Waals surface area contributed by atoms with E-state index in [-0.39, 0.29) is 5.91 Å². The van der Waals surface area contributed by atoms with E-state index in [1.807, 2.05) is 24.5 Å². The van der Waals surface area contributed by atoms with E-state index in [4.69, 9.17) is 11.6 Å². The molecule has 0 aliphatic heterocycles. The van der Waals surface area contributed by atoms with E-state index >= 15 is 0 Å². The Hall–Kier alpha value is -2.92. The molecule has 1 aliphatic carbocycles. The molecule has 1 amide bonds. The summed E-state index contributed by atoms with van der Waals surface area (Å²) in [5, 5.41) is 6.92. The van der Waals surface area contributed by atoms with Gasteiger partial charge in [-0.25, -0.2) is 9.97 Å². The SMILES string of the molecule is O=C(Nc1ccc(Cl)cc1)c1ccc(-c2cnc(NC3CCCCC3)nc2)cc1. The molecular weight excluding hydrogens is 384 g/mol. The number of nitrogens with zero attached hydrogens (tertiary/aromatic N) is 2. The van der Waals surface area contributed by atoms with Gasteiger partial charge in [0.05, 0.1) is 0 Å². The first kappa shape index (κ1) is 19.4. The minimum absolute atomic E-state index is 0.165. The van der Waals surface area contributed by atoms with Crippen molar-refractivity contribution in [2.45, 2.75) is 38.1 Å². The van der Waals surface area contributed by atoms with Crippen LogP contribution >= 0.6 is 11.6 Å². The van der Waals surface area contributed by atoms with E-state index in [2.05, 4.69) is 20.6 Å². The zero-order chi connectivity index (χ0) is 20.1. The predicted octanol–water partition coefficient (Wildman–Crippen LogP) is 5.79. The van der Waals surface area contributed by atoms with Crippen molar-refractivity contribution in [1.29, 1.82) is 0 Å². The van der Waals surface area contributed by atoms with Crippen molar-refractivity contribution in [2.75, 3.05) is 10.6 Å². The average Bonchev–Trinajstić information content (AvgIpc) is 2.77. The van der Waals surface area contributed by atoms with Crippen LogP contribution < -0.4 is 10.6 Å². The Morgan fingerprint density at radius 2 is 1.52 bits per heavy atom. The maximum atomic E-state index is 12.4. The van der Waals surface area contributed by atoms with Gasteiger partial charge < -0.3 is 10.6 Å². The van der Waals surface area contributed by atoms with Crippen LogP contribution in [0, 0.1) is 0 Å². The molecule has 29 heavy (non-hydrogen) atoms. The van der Waals surface area contributed by atoms with Gasteiger partial charge in [-0.1, -0.05) is 43.0 Å². The quantitative estimate of drug-likeness (QED) is 0.562. The summed E-state index contributed by atoms with van der Waals surface area (Å²) in [4.78, 5) is 21.3. The average molecular weight is 407 g/mol. The zero-order valence-corrected chi connectivity index (χ0v) is 16.8. The fourth-order valence-corrected chi connectivity index (χ4v) is 3.66. The lowest BCUT2D eigenvalue weighted by Crippen LogP contribution is -2.23. The third-order valence-electron chi connectivity index (χ3n) is 5.17. The molecule has 6 heteroatoms. The van der Waals surface area contributed by atoms with E-state index in [1.165, 1.54) is 32.1 Å². The topological polar surface area (TPSA) is 66.9 Å². The first-order valence-corrected chi connectivity index (χ1v) is 10.3. The number of rotatable bonds is 5. The summed E-state index contributed by atoms with van der Waals surface area (Å²) in [6.45, 7) is 0. The first-order chi connectivity index (χ1) is 14.2. The van der Waals surface area contributed by atoms with Crippen molar-refractivity contribution in [3.05, 3.63) is 71.5 Å². The summed E-state index contributed by atoms with van der Waals surface area (Å²) < 4.78 is 0. The second kappa shape index (κ2) is 9.05. The van der Waals surface area contributed by atoms with E-state index < -0.39 is 0 Å². The van der Waals surface area contributed by atoms with Crippen LogP contribution in [-0.2, 0) is 0 Å². The molecule has 0 spiro atoms. The predicted molar refractivity (Wildman–Crippen MR) is 117 cm³/mol. The Balaban J connectivity index is 1.39. The van der Waals surface area contributed by atoms with Gasteiger partial charge in [-0.05, 0) is 54.8 Å². The van der Waals surface area contributed by atoms with Crippen LogP contribution in [0.5, 0.6) is 0 Å². The van der Waals surface area contributed by atoms with Crippen molar-refractivity contribution in [3.63, 3.8) is 0 Å². The fraction of sp³-hybridized carbons (Fsp3) is 0.261. The van der Waals surface area contributed by atoms with Gasteiger partial charge in [0.1, 0.15) is 0 Å². The molecule has 0 saturated heterocycles. The molecule has 0 atom stereocenters. The number of hydrogen-bond donors (Lipinski definition) is 2. The number of hydrogen-bond acceptors (Lipinski definition) is 4. The van der Waals surface area contributed by atoms with Crippen LogP contribution in [0.4, 0.5) is 11.6 Å². The van der Waals surface area contributed by atoms with Crippen molar-refractivity contribution in [3.8, 4) is 11.1 Å². The van der Waals surface area contributed by atoms with E-state index in [9.17, 15) is 4.79 Å². The molecule has 4 rings (SSSR count). The molecule has 2 N–H and O–H groups in total. The lowest BCUT2D eigenvalue weighted by Gasteiger charge is -2.22. The zero-order valence-electron chi connectivity index (χ0n) is 16.1. The van der Waals surface area contributed by atoms with Gasteiger partial charge in [0.25, 0.3) is 5.91 Å². The molecule has 1 aromatic heterocycles. The number of aromatic nitrogens is 2. The summed E-state index contributed by atoms with van der Waals surface area (Å²) >= 11 is 5.87. The molecule has 2 aromatic carbocycles. The Morgan fingerprint density at radius 3 is 2.17 bits per heavy atom. The maximum Gasteiger partial charge on any atom is 0.255 e. The van der Waals surface area contributed by atoms with Gasteiger partial charge in [0.15, 0.2) is 0 Å². The molecular formula is C23H23ClN4O. The van der Waals surface area contributed by atoms with Crippen LogP contribution in [0.2, 0.25) is 5.02 Å². The molecule has 148 valence electrons. The normalized spacial score (nSPS) is 14.4. The van der Waals surface area contributed by atoms with Crippen molar-refractivity contribution >= 4 is 29.1 Å². The highest BCUT2D eigenvalue weighted by Crippen LogP contribution is 2.22. The summed E-state index contributed by atoms with van der Waals surface area (Å²) in [5.74, 6) is 0.516. The van der Waals surface area contributed by atoms with Crippen LogP contribution in [0.1, 0.15) is 42.5 Å². The number of halogens is 1. The highest BCUT2D eigenvalue weighted by atomic mass is 35.5. The fourth-order valence-electron chi connectivity index (χ4n) is 3.53. The Labute approximate surface area is 175 Å². The van der Waals surface area contributed by atoms with E-state index in [0.29, 0.717) is 28.3 Å². The van der Waals surface area contributed by atoms with Crippen LogP contribution in [0.3, 0.4) is 0 Å². The summed E-state index contributed by atoms with van der Waals surface area (Å²) in [5.41, 5.74) is 3.18. The summed E-state index contributed by atoms with van der Waals surface area (Å²) in [6.07, 6.45) is 9.88. The van der Waals surface area contributed by atoms with Gasteiger partial charge in [-0.15, -0.1) is 0 Å². The van der Waals surface area contributed by atoms with E-state index in [1.54, 1.807) is 36.4 Å². The van der Waals surface area contributed by atoms with Gasteiger partial charge in [0, 0.05) is 40.3 Å². The number of amides is 1. The van der Waals surface area contributed by atoms with Gasteiger partial charge in [0.2, 0.25) is 5.95 Å². The van der Waals surface area contributed by atoms with Crippen molar-refractivity contribution in [1.82, 2.24) is 9.97 Å². The molecule has 0 bridgehead atoms. The third kappa shape index (κ3) is 5.12. The summed E-state index contributed by atoms with van der Waals surface area (Å²) in [6, 6.07) is 14.9. The van der Waals surface area contributed by atoms with Crippen LogP contribution in [0.25, 0.3) is 11.1 Å². The van der Waals surface area contributed by atoms with Crippen molar-refractivity contribution in [2.24, 2.45) is 0 Å². The number of benzene rings is 2. The maximum absolute atomic E-state index is 12.4. The van der Waals surface area contributed by atoms with Gasteiger partial charge >= 0.3 is 0 Å². The second-order valence-corrected chi connectivity index (χ2v) is 7.75. The number of carbonyl (C=O) groups excluding carboxylic acids is 1. The Morgan fingerprint density at radius 1 is 0.862 bits per heavy atom. The third-order valence-corrected chi connectivity index (χ3v) is 5.42. The van der Waals surface area contributed by atoms with Crippen LogP contribution in [0.15, 0.2) is 60.9 Å². The number of nitrogens with one attached hydrogen (secondary N) is 2. The molecule has 5 nitrogen and oxygen atoms in total. The molecule has 1 fully saturated rings. The van der Waals surface area contributed by atoms with Gasteiger partial charge in [-0.2, -0.15) is 0 Å². The monoisotopic (exact) mass is 406 g/mol. The standard InChI is InChI=1S/C23H23ClN4O/c24-19-10-12-21(13-11-19)27-22(29)17-8-6-16(7-9-17)18-14-25-23(26-15-18)28-20-4-2-1-3-5-20/h6-15,20H,1-5H2,(H,27,29)(H,25,26,28). The highest BCUT2D eigenvalue weighted by Gasteiger charge is 2.14. The minimum Gasteiger partial charge on any atom is -0.351 e. The minimum atomic E-state index is -0.165. The highest BCUT2D eigenvalue weighted by molar-refractivity contribution is 6.30. The largest absolute Gasteiger partial charge is 0.351 e. The van der Waals surface area contributed by atoms with Crippen LogP contribution in [-0.4, -0.2) is 21.9 Å². The summed E-state index contributed by atoms with van der Waals surface area (Å²) in [7, 11) is 0. The molecule has 1 heterocycles. The first-order valence-electron chi connectivity index (χ1n) is 9.93. The number of anilines is 2. The second-order valence-electron chi connectivity index (χ2n) is 7.31. The lowest BCUT2D eigenvalue weighted by atomic mass is 9.96. The smallest absolute Gasteiger partial charge is 0.255 e. The molecule has 1 saturated carbocycles. The molecule has 3 aromatic rings. The van der Waals surface area contributed by atoms with E-state index in [0.717, 1.165) is 11.1 Å². The molecule has 0 unspecified atom stereocenters. The Bertz CT molecular complexity index is 950. The van der Waals surface area contributed by atoms with Gasteiger partial charge in [-0.3, -0.25) is 4.79 Å². The lowest BCUT2D eigenvalue weighted by molar-refractivity contribution is 0.102. The van der Waals surface area contributed by atoms with Crippen molar-refractivity contribution < 1.29 is 4.79 Å². The molecule has 0 radical (unpaired) electrons. The number of carbonyl (C=O) groups is 1. The molecule has 1 aliphatic rings.